The third-order valence-electron chi connectivity index (χ3n) is 7.18. The first kappa shape index (κ1) is 20.7. The van der Waals surface area contributed by atoms with Crippen LogP contribution in [0.4, 0.5) is 0 Å². The van der Waals surface area contributed by atoms with Crippen molar-refractivity contribution < 1.29 is 4.79 Å². The molecular weight excluding hydrogens is 398 g/mol. The summed E-state index contributed by atoms with van der Waals surface area (Å²) in [6, 6.07) is 15.9. The number of likely N-dealkylation sites (tertiary alicyclic amines) is 1. The molecule has 1 saturated carbocycles. The summed E-state index contributed by atoms with van der Waals surface area (Å²) in [5.41, 5.74) is 5.00. The van der Waals surface area contributed by atoms with E-state index in [1.807, 2.05) is 42.2 Å². The lowest BCUT2D eigenvalue weighted by Crippen LogP contribution is -2.41. The molecule has 1 amide bonds. The minimum Gasteiger partial charge on any atom is -0.342 e. The third kappa shape index (κ3) is 3.77. The molecule has 1 aromatic carbocycles. The third-order valence-corrected chi connectivity index (χ3v) is 7.18. The normalized spacial score (nSPS) is 19.5. The Kier molecular flexibility index (Phi) is 5.41. The van der Waals surface area contributed by atoms with E-state index in [1.54, 1.807) is 12.3 Å². The highest BCUT2D eigenvalue weighted by Gasteiger charge is 2.41. The zero-order valence-corrected chi connectivity index (χ0v) is 18.8. The fourth-order valence-electron chi connectivity index (χ4n) is 5.42. The molecule has 3 aromatic rings. The Balaban J connectivity index is 1.64. The lowest BCUT2D eigenvalue weighted by molar-refractivity contribution is 0.0700. The van der Waals surface area contributed by atoms with Crippen molar-refractivity contribution in [3.05, 3.63) is 98.7 Å². The minimum absolute atomic E-state index is 0.0967. The monoisotopic (exact) mass is 427 g/mol. The van der Waals surface area contributed by atoms with Gasteiger partial charge in [0, 0.05) is 42.7 Å². The second kappa shape index (κ2) is 8.38. The van der Waals surface area contributed by atoms with Crippen LogP contribution in [0.1, 0.15) is 57.8 Å². The standard InChI is InChI=1S/C27H29N3O2/c1-18-7-3-4-8-21(18)15-24-26(27(32)30-16-20-10-11-23(30)14-20)25(31)13-19(2)29(24)17-22-9-5-6-12-28-22/h3-9,12-13,20,23H,10-11,14-17H2,1-2H3. The largest absolute Gasteiger partial charge is 0.342 e. The van der Waals surface area contributed by atoms with Gasteiger partial charge in [0.05, 0.1) is 12.2 Å². The number of nitrogens with zero attached hydrogens (tertiary/aromatic N) is 3. The van der Waals surface area contributed by atoms with Crippen LogP contribution in [0.3, 0.4) is 0 Å². The van der Waals surface area contributed by atoms with Crippen LogP contribution >= 0.6 is 0 Å². The van der Waals surface area contributed by atoms with Gasteiger partial charge in [-0.15, -0.1) is 0 Å². The van der Waals surface area contributed by atoms with Crippen molar-refractivity contribution in [3.8, 4) is 0 Å². The summed E-state index contributed by atoms with van der Waals surface area (Å²) in [6.45, 7) is 5.33. The van der Waals surface area contributed by atoms with Gasteiger partial charge in [-0.25, -0.2) is 0 Å². The fourth-order valence-corrected chi connectivity index (χ4v) is 5.42. The quantitative estimate of drug-likeness (QED) is 0.615. The summed E-state index contributed by atoms with van der Waals surface area (Å²) < 4.78 is 2.11. The van der Waals surface area contributed by atoms with E-state index < -0.39 is 0 Å². The predicted octanol–water partition coefficient (Wildman–Crippen LogP) is 4.12. The zero-order valence-electron chi connectivity index (χ0n) is 18.8. The topological polar surface area (TPSA) is 55.2 Å². The number of amides is 1. The number of fused-ring (bicyclic) bond motifs is 2. The number of hydrogen-bond acceptors (Lipinski definition) is 3. The number of rotatable bonds is 5. The molecular formula is C27H29N3O2. The number of carbonyl (C=O) groups is 1. The molecule has 2 aliphatic rings. The van der Waals surface area contributed by atoms with Gasteiger partial charge in [0.2, 0.25) is 0 Å². The zero-order chi connectivity index (χ0) is 22.2. The first-order valence-electron chi connectivity index (χ1n) is 11.5. The highest BCUT2D eigenvalue weighted by Crippen LogP contribution is 2.38. The average Bonchev–Trinajstić information content (AvgIpc) is 3.42. The number of pyridine rings is 2. The van der Waals surface area contributed by atoms with E-state index in [-0.39, 0.29) is 17.4 Å². The van der Waals surface area contributed by atoms with Gasteiger partial charge < -0.3 is 9.47 Å². The van der Waals surface area contributed by atoms with E-state index >= 15 is 0 Å². The number of hydrogen-bond donors (Lipinski definition) is 0. The molecule has 5 heteroatoms. The number of carbonyl (C=O) groups excluding carboxylic acids is 1. The van der Waals surface area contributed by atoms with Gasteiger partial charge in [0.15, 0.2) is 5.43 Å². The van der Waals surface area contributed by atoms with Crippen LogP contribution in [0.15, 0.2) is 59.5 Å². The van der Waals surface area contributed by atoms with Crippen molar-refractivity contribution in [1.29, 1.82) is 0 Å². The summed E-state index contributed by atoms with van der Waals surface area (Å²) >= 11 is 0. The van der Waals surface area contributed by atoms with Gasteiger partial charge in [-0.3, -0.25) is 14.6 Å². The molecule has 2 aromatic heterocycles. The van der Waals surface area contributed by atoms with Crippen LogP contribution in [0.25, 0.3) is 0 Å². The van der Waals surface area contributed by atoms with E-state index in [1.165, 1.54) is 6.42 Å². The van der Waals surface area contributed by atoms with Gasteiger partial charge >= 0.3 is 0 Å². The molecule has 2 fully saturated rings. The van der Waals surface area contributed by atoms with E-state index in [0.717, 1.165) is 47.6 Å². The molecule has 164 valence electrons. The molecule has 0 N–H and O–H groups in total. The Hall–Kier alpha value is -3.21. The van der Waals surface area contributed by atoms with Crippen LogP contribution in [0, 0.1) is 19.8 Å². The Bertz CT molecular complexity index is 1220. The molecule has 3 heterocycles. The van der Waals surface area contributed by atoms with E-state index in [2.05, 4.69) is 28.6 Å². The first-order valence-corrected chi connectivity index (χ1v) is 11.5. The number of benzene rings is 1. The maximum Gasteiger partial charge on any atom is 0.259 e. The van der Waals surface area contributed by atoms with E-state index in [9.17, 15) is 9.59 Å². The molecule has 5 nitrogen and oxygen atoms in total. The highest BCUT2D eigenvalue weighted by molar-refractivity contribution is 5.96. The van der Waals surface area contributed by atoms with Gasteiger partial charge in [0.1, 0.15) is 5.56 Å². The molecule has 0 radical (unpaired) electrons. The van der Waals surface area contributed by atoms with Crippen molar-refractivity contribution in [3.63, 3.8) is 0 Å². The van der Waals surface area contributed by atoms with Crippen molar-refractivity contribution >= 4 is 5.91 Å². The van der Waals surface area contributed by atoms with Crippen LogP contribution in [-0.2, 0) is 13.0 Å². The highest BCUT2D eigenvalue weighted by atomic mass is 16.2. The van der Waals surface area contributed by atoms with Crippen molar-refractivity contribution in [2.75, 3.05) is 6.54 Å². The van der Waals surface area contributed by atoms with Gasteiger partial charge in [0.25, 0.3) is 5.91 Å². The molecule has 2 atom stereocenters. The molecule has 2 unspecified atom stereocenters. The van der Waals surface area contributed by atoms with Gasteiger partial charge in [-0.05, 0) is 62.3 Å². The summed E-state index contributed by atoms with van der Waals surface area (Å²) in [5.74, 6) is 0.491. The van der Waals surface area contributed by atoms with E-state index in [4.69, 9.17) is 0 Å². The van der Waals surface area contributed by atoms with Gasteiger partial charge in [-0.2, -0.15) is 0 Å². The fraction of sp³-hybridized carbons (Fsp3) is 0.370. The number of piperidine rings is 1. The molecule has 5 rings (SSSR count). The van der Waals surface area contributed by atoms with Crippen LogP contribution in [-0.4, -0.2) is 32.9 Å². The maximum atomic E-state index is 13.8. The summed E-state index contributed by atoms with van der Waals surface area (Å²) in [7, 11) is 0. The van der Waals surface area contributed by atoms with Crippen molar-refractivity contribution in [2.45, 2.75) is 52.1 Å². The molecule has 32 heavy (non-hydrogen) atoms. The van der Waals surface area contributed by atoms with Gasteiger partial charge in [-0.1, -0.05) is 30.3 Å². The Morgan fingerprint density at radius 3 is 2.59 bits per heavy atom. The lowest BCUT2D eigenvalue weighted by Gasteiger charge is -2.29. The van der Waals surface area contributed by atoms with Crippen LogP contribution < -0.4 is 5.43 Å². The Morgan fingerprint density at radius 1 is 1.09 bits per heavy atom. The summed E-state index contributed by atoms with van der Waals surface area (Å²) in [4.78, 5) is 33.5. The molecule has 1 aliphatic heterocycles. The maximum absolute atomic E-state index is 13.8. The smallest absolute Gasteiger partial charge is 0.259 e. The van der Waals surface area contributed by atoms with Crippen LogP contribution in [0.2, 0.25) is 0 Å². The Morgan fingerprint density at radius 2 is 1.91 bits per heavy atom. The average molecular weight is 428 g/mol. The summed E-state index contributed by atoms with van der Waals surface area (Å²) in [5, 5.41) is 0. The molecule has 1 saturated heterocycles. The van der Waals surface area contributed by atoms with Crippen LogP contribution in [0.5, 0.6) is 0 Å². The molecule has 1 aliphatic carbocycles. The molecule has 0 spiro atoms. The first-order chi connectivity index (χ1) is 15.5. The van der Waals surface area contributed by atoms with E-state index in [0.29, 0.717) is 24.4 Å². The second-order valence-electron chi connectivity index (χ2n) is 9.27. The number of aromatic nitrogens is 2. The van der Waals surface area contributed by atoms with Crippen molar-refractivity contribution in [1.82, 2.24) is 14.5 Å². The lowest BCUT2D eigenvalue weighted by atomic mass is 9.98. The summed E-state index contributed by atoms with van der Waals surface area (Å²) in [6.07, 6.45) is 5.65. The van der Waals surface area contributed by atoms with Crippen molar-refractivity contribution in [2.24, 2.45) is 5.92 Å². The minimum atomic E-state index is -0.170. The predicted molar refractivity (Wildman–Crippen MR) is 125 cm³/mol. The second-order valence-corrected chi connectivity index (χ2v) is 9.27. The Labute approximate surface area is 188 Å². The molecule has 2 bridgehead atoms. The number of aryl methyl sites for hydroxylation is 2. The SMILES string of the molecule is Cc1ccccc1Cc1c(C(=O)N2CC3CCC2C3)c(=O)cc(C)n1Cc1ccccn1.